The summed E-state index contributed by atoms with van der Waals surface area (Å²) in [5.74, 6) is -0.192. The molecule has 26 heavy (non-hydrogen) atoms. The highest BCUT2D eigenvalue weighted by Gasteiger charge is 2.24. The van der Waals surface area contributed by atoms with E-state index in [-0.39, 0.29) is 24.2 Å². The molecule has 1 aromatic heterocycles. The van der Waals surface area contributed by atoms with Crippen LogP contribution in [0.4, 0.5) is 0 Å². The van der Waals surface area contributed by atoms with Crippen LogP contribution in [0.15, 0.2) is 36.7 Å². The Morgan fingerprint density at radius 3 is 2.73 bits per heavy atom. The second-order valence-corrected chi connectivity index (χ2v) is 6.33. The number of nitrogens with one attached hydrogen (secondary N) is 3. The largest absolute Gasteiger partial charge is 0.350 e. The lowest BCUT2D eigenvalue weighted by atomic mass is 10.1. The van der Waals surface area contributed by atoms with Gasteiger partial charge in [-0.15, -0.1) is 12.4 Å². The Morgan fingerprint density at radius 1 is 1.35 bits per heavy atom. The zero-order valence-electron chi connectivity index (χ0n) is 14.9. The van der Waals surface area contributed by atoms with Gasteiger partial charge in [0.1, 0.15) is 6.04 Å². The van der Waals surface area contributed by atoms with Crippen LogP contribution in [0.5, 0.6) is 0 Å². The SMILES string of the molecule is CNC(C(=O)NCc1cccc(C(=O)NC2CC2)c1)c1cnn(C)c1.Cl. The molecule has 1 aromatic carbocycles. The minimum absolute atomic E-state index is 0. The molecule has 2 aromatic rings. The standard InChI is InChI=1S/C18H23N5O2.ClH/c1-19-16(14-10-21-23(2)11-14)18(25)20-9-12-4-3-5-13(8-12)17(24)22-15-6-7-15;/h3-5,8,10-11,15-16,19H,6-7,9H2,1-2H3,(H,20,25)(H,22,24);1H. The highest BCUT2D eigenvalue weighted by atomic mass is 35.5. The van der Waals surface area contributed by atoms with Gasteiger partial charge in [0.05, 0.1) is 6.20 Å². The van der Waals surface area contributed by atoms with Crippen LogP contribution in [-0.2, 0) is 18.4 Å². The molecule has 0 bridgehead atoms. The fourth-order valence-electron chi connectivity index (χ4n) is 2.65. The summed E-state index contributed by atoms with van der Waals surface area (Å²) in [6, 6.07) is 7.19. The summed E-state index contributed by atoms with van der Waals surface area (Å²) in [5, 5.41) is 13.0. The summed E-state index contributed by atoms with van der Waals surface area (Å²) >= 11 is 0. The Balaban J connectivity index is 0.00000243. The number of nitrogens with zero attached hydrogens (tertiary/aromatic N) is 2. The van der Waals surface area contributed by atoms with Crippen molar-refractivity contribution in [1.82, 2.24) is 25.7 Å². The smallest absolute Gasteiger partial charge is 0.251 e. The van der Waals surface area contributed by atoms with Gasteiger partial charge < -0.3 is 16.0 Å². The van der Waals surface area contributed by atoms with Gasteiger partial charge in [-0.3, -0.25) is 14.3 Å². The van der Waals surface area contributed by atoms with Gasteiger partial charge in [0.2, 0.25) is 5.91 Å². The molecule has 1 aliphatic carbocycles. The average molecular weight is 378 g/mol. The van der Waals surface area contributed by atoms with Crippen LogP contribution >= 0.6 is 12.4 Å². The number of halogens is 1. The van der Waals surface area contributed by atoms with Crippen LogP contribution in [0.1, 0.15) is 40.4 Å². The molecule has 1 heterocycles. The fourth-order valence-corrected chi connectivity index (χ4v) is 2.65. The Kier molecular flexibility index (Phi) is 6.76. The average Bonchev–Trinajstić information content (AvgIpc) is 3.33. The maximum absolute atomic E-state index is 12.4. The predicted octanol–water partition coefficient (Wildman–Crippen LogP) is 1.31. The topological polar surface area (TPSA) is 88.1 Å². The van der Waals surface area contributed by atoms with Crippen molar-refractivity contribution in [3.8, 4) is 0 Å². The van der Waals surface area contributed by atoms with Gasteiger partial charge in [0.25, 0.3) is 5.91 Å². The lowest BCUT2D eigenvalue weighted by molar-refractivity contribution is -0.123. The molecule has 3 N–H and O–H groups in total. The highest BCUT2D eigenvalue weighted by Crippen LogP contribution is 2.19. The molecular weight excluding hydrogens is 354 g/mol. The first kappa shape index (κ1) is 19.9. The third kappa shape index (κ3) is 5.06. The number of benzene rings is 1. The number of likely N-dealkylation sites (N-methyl/N-ethyl adjacent to an activating group) is 1. The van der Waals surface area contributed by atoms with Crippen molar-refractivity contribution >= 4 is 24.2 Å². The van der Waals surface area contributed by atoms with Crippen LogP contribution in [-0.4, -0.2) is 34.7 Å². The molecule has 0 spiro atoms. The second-order valence-electron chi connectivity index (χ2n) is 6.33. The predicted molar refractivity (Wildman–Crippen MR) is 101 cm³/mol. The minimum Gasteiger partial charge on any atom is -0.350 e. The molecule has 140 valence electrons. The van der Waals surface area contributed by atoms with Gasteiger partial charge >= 0.3 is 0 Å². The van der Waals surface area contributed by atoms with E-state index < -0.39 is 6.04 Å². The summed E-state index contributed by atoms with van der Waals surface area (Å²) in [4.78, 5) is 24.5. The number of hydrogen-bond acceptors (Lipinski definition) is 4. The van der Waals surface area contributed by atoms with Crippen LogP contribution in [0.2, 0.25) is 0 Å². The summed E-state index contributed by atoms with van der Waals surface area (Å²) in [5.41, 5.74) is 2.31. The van der Waals surface area contributed by atoms with Gasteiger partial charge in [-0.2, -0.15) is 5.10 Å². The molecule has 8 heteroatoms. The van der Waals surface area contributed by atoms with E-state index in [1.807, 2.05) is 31.4 Å². The van der Waals surface area contributed by atoms with Crippen molar-refractivity contribution < 1.29 is 9.59 Å². The van der Waals surface area contributed by atoms with E-state index in [0.29, 0.717) is 18.2 Å². The highest BCUT2D eigenvalue weighted by molar-refractivity contribution is 5.94. The first-order chi connectivity index (χ1) is 12.1. The number of carbonyl (C=O) groups excluding carboxylic acids is 2. The van der Waals surface area contributed by atoms with E-state index in [1.54, 1.807) is 24.0 Å². The molecule has 1 aliphatic rings. The van der Waals surface area contributed by atoms with E-state index in [1.165, 1.54) is 0 Å². The second kappa shape index (κ2) is 8.82. The molecule has 1 unspecified atom stereocenters. The Morgan fingerprint density at radius 2 is 2.12 bits per heavy atom. The van der Waals surface area contributed by atoms with Crippen LogP contribution in [0.3, 0.4) is 0 Å². The number of aromatic nitrogens is 2. The number of aryl methyl sites for hydroxylation is 1. The van der Waals surface area contributed by atoms with Crippen LogP contribution in [0.25, 0.3) is 0 Å². The summed E-state index contributed by atoms with van der Waals surface area (Å²) in [7, 11) is 3.55. The van der Waals surface area contributed by atoms with E-state index in [9.17, 15) is 9.59 Å². The van der Waals surface area contributed by atoms with Crippen molar-refractivity contribution in [3.05, 3.63) is 53.3 Å². The third-order valence-electron chi connectivity index (χ3n) is 4.18. The van der Waals surface area contributed by atoms with Gasteiger partial charge in [-0.1, -0.05) is 12.1 Å². The third-order valence-corrected chi connectivity index (χ3v) is 4.18. The first-order valence-electron chi connectivity index (χ1n) is 8.40. The molecule has 7 nitrogen and oxygen atoms in total. The number of hydrogen-bond donors (Lipinski definition) is 3. The molecule has 2 amide bonds. The zero-order chi connectivity index (χ0) is 17.8. The summed E-state index contributed by atoms with van der Waals surface area (Å²) in [6.45, 7) is 0.363. The quantitative estimate of drug-likeness (QED) is 0.679. The Bertz CT molecular complexity index is 772. The van der Waals surface area contributed by atoms with E-state index in [4.69, 9.17) is 0 Å². The number of carbonyl (C=O) groups is 2. The van der Waals surface area contributed by atoms with Crippen molar-refractivity contribution in [2.24, 2.45) is 7.05 Å². The maximum Gasteiger partial charge on any atom is 0.251 e. The molecule has 1 atom stereocenters. The van der Waals surface area contributed by atoms with Gasteiger partial charge in [-0.25, -0.2) is 0 Å². The lowest BCUT2D eigenvalue weighted by Gasteiger charge is -2.15. The van der Waals surface area contributed by atoms with Gasteiger partial charge in [0.15, 0.2) is 0 Å². The first-order valence-corrected chi connectivity index (χ1v) is 8.40. The monoisotopic (exact) mass is 377 g/mol. The van der Waals surface area contributed by atoms with Crippen LogP contribution < -0.4 is 16.0 Å². The molecule has 3 rings (SSSR count). The Labute approximate surface area is 159 Å². The lowest BCUT2D eigenvalue weighted by Crippen LogP contribution is -2.35. The zero-order valence-corrected chi connectivity index (χ0v) is 15.7. The van der Waals surface area contributed by atoms with Crippen molar-refractivity contribution in [2.45, 2.75) is 31.5 Å². The molecule has 1 fully saturated rings. The normalized spacial score (nSPS) is 14.2. The number of rotatable bonds is 7. The molecule has 0 saturated heterocycles. The van der Waals surface area contributed by atoms with Gasteiger partial charge in [-0.05, 0) is 37.6 Å². The van der Waals surface area contributed by atoms with Crippen molar-refractivity contribution in [2.75, 3.05) is 7.05 Å². The molecule has 0 radical (unpaired) electrons. The Hall–Kier alpha value is -2.38. The van der Waals surface area contributed by atoms with Gasteiger partial charge in [0, 0.05) is 37.0 Å². The molecule has 1 saturated carbocycles. The fraction of sp³-hybridized carbons (Fsp3) is 0.389. The maximum atomic E-state index is 12.4. The van der Waals surface area contributed by atoms with E-state index in [0.717, 1.165) is 24.0 Å². The number of amides is 2. The molecule has 0 aliphatic heterocycles. The van der Waals surface area contributed by atoms with E-state index in [2.05, 4.69) is 21.0 Å². The molecular formula is C18H24ClN5O2. The van der Waals surface area contributed by atoms with Crippen molar-refractivity contribution in [1.29, 1.82) is 0 Å². The summed E-state index contributed by atoms with van der Waals surface area (Å²) in [6.07, 6.45) is 5.59. The summed E-state index contributed by atoms with van der Waals surface area (Å²) < 4.78 is 1.66. The minimum atomic E-state index is -0.463. The van der Waals surface area contributed by atoms with Crippen LogP contribution in [0, 0.1) is 0 Å². The van der Waals surface area contributed by atoms with E-state index >= 15 is 0 Å². The van der Waals surface area contributed by atoms with Crippen molar-refractivity contribution in [3.63, 3.8) is 0 Å².